The number of aromatic hydroxyl groups is 2. The molecule has 0 saturated heterocycles. The summed E-state index contributed by atoms with van der Waals surface area (Å²) in [5, 5.41) is 19.0. The number of rotatable bonds is 3. The van der Waals surface area contributed by atoms with Crippen molar-refractivity contribution in [3.05, 3.63) is 58.1 Å². The molecule has 0 aliphatic rings. The maximum absolute atomic E-state index is 12.2. The Morgan fingerprint density at radius 1 is 1.15 bits per heavy atom. The lowest BCUT2D eigenvalue weighted by Gasteiger charge is -2.18. The van der Waals surface area contributed by atoms with Gasteiger partial charge in [0.15, 0.2) is 0 Å². The Labute approximate surface area is 125 Å². The van der Waals surface area contributed by atoms with Gasteiger partial charge in [-0.25, -0.2) is 0 Å². The first kappa shape index (κ1) is 14.4. The van der Waals surface area contributed by atoms with Gasteiger partial charge in [-0.3, -0.25) is 4.79 Å². The van der Waals surface area contributed by atoms with Crippen molar-refractivity contribution in [2.24, 2.45) is 0 Å². The number of carbonyl (C=O) groups excluding carboxylic acids is 1. The van der Waals surface area contributed by atoms with Crippen LogP contribution in [0.15, 0.2) is 46.9 Å². The largest absolute Gasteiger partial charge is 0.508 e. The van der Waals surface area contributed by atoms with Crippen molar-refractivity contribution >= 4 is 21.8 Å². The molecule has 20 heavy (non-hydrogen) atoms. The first-order valence-electron chi connectivity index (χ1n) is 5.99. The van der Waals surface area contributed by atoms with E-state index in [0.717, 1.165) is 5.56 Å². The summed E-state index contributed by atoms with van der Waals surface area (Å²) in [6.07, 6.45) is 0. The molecule has 0 heterocycles. The van der Waals surface area contributed by atoms with Gasteiger partial charge in [-0.15, -0.1) is 0 Å². The topological polar surface area (TPSA) is 60.8 Å². The van der Waals surface area contributed by atoms with E-state index >= 15 is 0 Å². The van der Waals surface area contributed by atoms with E-state index in [-0.39, 0.29) is 23.0 Å². The van der Waals surface area contributed by atoms with Crippen LogP contribution in [0.4, 0.5) is 0 Å². The Hall–Kier alpha value is -2.01. The van der Waals surface area contributed by atoms with Gasteiger partial charge < -0.3 is 15.1 Å². The first-order chi connectivity index (χ1) is 9.47. The minimum atomic E-state index is -0.261. The molecular formula is C15H14BrNO3. The van der Waals surface area contributed by atoms with E-state index < -0.39 is 0 Å². The van der Waals surface area contributed by atoms with Crippen molar-refractivity contribution in [3.8, 4) is 11.5 Å². The number of carbonyl (C=O) groups is 1. The highest BCUT2D eigenvalue weighted by atomic mass is 79.9. The zero-order valence-electron chi connectivity index (χ0n) is 10.9. The molecule has 2 N–H and O–H groups in total. The van der Waals surface area contributed by atoms with Crippen molar-refractivity contribution in [1.82, 2.24) is 4.90 Å². The number of amides is 1. The molecule has 0 aliphatic carbocycles. The second-order valence-electron chi connectivity index (χ2n) is 4.49. The maximum atomic E-state index is 12.2. The van der Waals surface area contributed by atoms with Crippen molar-refractivity contribution in [2.75, 3.05) is 7.05 Å². The predicted molar refractivity (Wildman–Crippen MR) is 79.7 cm³/mol. The van der Waals surface area contributed by atoms with Crippen LogP contribution in [0.5, 0.6) is 11.5 Å². The molecule has 0 aliphatic heterocycles. The van der Waals surface area contributed by atoms with Gasteiger partial charge in [0.1, 0.15) is 11.5 Å². The van der Waals surface area contributed by atoms with Crippen molar-refractivity contribution in [1.29, 1.82) is 0 Å². The quantitative estimate of drug-likeness (QED) is 0.905. The van der Waals surface area contributed by atoms with E-state index in [4.69, 9.17) is 0 Å². The minimum Gasteiger partial charge on any atom is -0.508 e. The summed E-state index contributed by atoms with van der Waals surface area (Å²) in [6.45, 7) is 0.397. The third-order valence-corrected chi connectivity index (χ3v) is 3.39. The molecule has 0 atom stereocenters. The lowest BCUT2D eigenvalue weighted by atomic mass is 10.1. The highest BCUT2D eigenvalue weighted by Crippen LogP contribution is 2.23. The van der Waals surface area contributed by atoms with Crippen LogP contribution in [-0.2, 0) is 6.54 Å². The van der Waals surface area contributed by atoms with Crippen LogP contribution in [0.25, 0.3) is 0 Å². The first-order valence-corrected chi connectivity index (χ1v) is 6.78. The summed E-state index contributed by atoms with van der Waals surface area (Å²) in [6, 6.07) is 11.4. The molecular weight excluding hydrogens is 322 g/mol. The number of phenolic OH excluding ortho intramolecular Hbond substituents is 2. The second kappa shape index (κ2) is 5.96. The fourth-order valence-corrected chi connectivity index (χ4v) is 2.19. The molecule has 1 amide bonds. The lowest BCUT2D eigenvalue weighted by Crippen LogP contribution is -2.26. The summed E-state index contributed by atoms with van der Waals surface area (Å²) in [5.41, 5.74) is 1.16. The fourth-order valence-electron chi connectivity index (χ4n) is 1.84. The molecule has 2 aromatic rings. The van der Waals surface area contributed by atoms with Crippen LogP contribution in [0, 0.1) is 0 Å². The van der Waals surface area contributed by atoms with Gasteiger partial charge in [-0.1, -0.05) is 28.1 Å². The van der Waals surface area contributed by atoms with Gasteiger partial charge in [-0.05, 0) is 35.9 Å². The molecule has 0 fully saturated rings. The molecule has 2 rings (SSSR count). The van der Waals surface area contributed by atoms with Crippen LogP contribution in [0.2, 0.25) is 0 Å². The van der Waals surface area contributed by atoms with E-state index in [1.165, 1.54) is 11.0 Å². The molecule has 0 saturated carbocycles. The standard InChI is InChI=1S/C15H14BrNO3/c1-17(9-10-2-5-12(18)6-3-10)15(20)13-7-4-11(16)8-14(13)19/h2-8,18-19H,9H2,1H3. The fraction of sp³-hybridized carbons (Fsp3) is 0.133. The number of hydrogen-bond donors (Lipinski definition) is 2. The molecule has 4 nitrogen and oxygen atoms in total. The predicted octanol–water partition coefficient (Wildman–Crippen LogP) is 3.13. The van der Waals surface area contributed by atoms with Crippen LogP contribution in [0.1, 0.15) is 15.9 Å². The second-order valence-corrected chi connectivity index (χ2v) is 5.40. The van der Waals surface area contributed by atoms with Gasteiger partial charge in [0.05, 0.1) is 5.56 Å². The lowest BCUT2D eigenvalue weighted by molar-refractivity contribution is 0.0782. The Bertz CT molecular complexity index is 626. The van der Waals surface area contributed by atoms with Crippen LogP contribution in [0.3, 0.4) is 0 Å². The van der Waals surface area contributed by atoms with Crippen molar-refractivity contribution in [3.63, 3.8) is 0 Å². The van der Waals surface area contributed by atoms with E-state index in [0.29, 0.717) is 11.0 Å². The molecule has 104 valence electrons. The van der Waals surface area contributed by atoms with Gasteiger partial charge in [-0.2, -0.15) is 0 Å². The number of benzene rings is 2. The molecule has 2 aromatic carbocycles. The van der Waals surface area contributed by atoms with Crippen LogP contribution in [-0.4, -0.2) is 28.1 Å². The highest BCUT2D eigenvalue weighted by Gasteiger charge is 2.16. The molecule has 0 radical (unpaired) electrons. The maximum Gasteiger partial charge on any atom is 0.257 e. The number of phenols is 2. The molecule has 0 unspecified atom stereocenters. The van der Waals surface area contributed by atoms with Gasteiger partial charge >= 0.3 is 0 Å². The minimum absolute atomic E-state index is 0.0538. The summed E-state index contributed by atoms with van der Waals surface area (Å²) in [5.74, 6) is -0.127. The molecule has 5 heteroatoms. The number of hydrogen-bond acceptors (Lipinski definition) is 3. The van der Waals surface area contributed by atoms with Crippen molar-refractivity contribution < 1.29 is 15.0 Å². The average Bonchev–Trinajstić information content (AvgIpc) is 2.40. The third-order valence-electron chi connectivity index (χ3n) is 2.89. The smallest absolute Gasteiger partial charge is 0.257 e. The van der Waals surface area contributed by atoms with E-state index in [2.05, 4.69) is 15.9 Å². The summed E-state index contributed by atoms with van der Waals surface area (Å²) < 4.78 is 0.715. The van der Waals surface area contributed by atoms with E-state index in [1.807, 2.05) is 0 Å². The summed E-state index contributed by atoms with van der Waals surface area (Å²) >= 11 is 3.23. The monoisotopic (exact) mass is 335 g/mol. The third kappa shape index (κ3) is 3.30. The molecule has 0 aromatic heterocycles. The van der Waals surface area contributed by atoms with Crippen molar-refractivity contribution in [2.45, 2.75) is 6.54 Å². The number of nitrogens with zero attached hydrogens (tertiary/aromatic N) is 1. The van der Waals surface area contributed by atoms with E-state index in [9.17, 15) is 15.0 Å². The molecule has 0 spiro atoms. The zero-order chi connectivity index (χ0) is 14.7. The zero-order valence-corrected chi connectivity index (χ0v) is 12.5. The SMILES string of the molecule is CN(Cc1ccc(O)cc1)C(=O)c1ccc(Br)cc1O. The van der Waals surface area contributed by atoms with E-state index in [1.54, 1.807) is 43.4 Å². The highest BCUT2D eigenvalue weighted by molar-refractivity contribution is 9.10. The Morgan fingerprint density at radius 3 is 2.40 bits per heavy atom. The van der Waals surface area contributed by atoms with Gasteiger partial charge in [0, 0.05) is 18.1 Å². The van der Waals surface area contributed by atoms with Crippen LogP contribution >= 0.6 is 15.9 Å². The summed E-state index contributed by atoms with van der Waals surface area (Å²) in [7, 11) is 1.66. The normalized spacial score (nSPS) is 10.3. The van der Waals surface area contributed by atoms with Crippen LogP contribution < -0.4 is 0 Å². The Morgan fingerprint density at radius 2 is 1.80 bits per heavy atom. The Kier molecular flexibility index (Phi) is 4.29. The van der Waals surface area contributed by atoms with Gasteiger partial charge in [0.25, 0.3) is 5.91 Å². The number of halogens is 1. The van der Waals surface area contributed by atoms with Gasteiger partial charge in [0.2, 0.25) is 0 Å². The average molecular weight is 336 g/mol. The molecule has 0 bridgehead atoms. The Balaban J connectivity index is 2.14. The summed E-state index contributed by atoms with van der Waals surface area (Å²) in [4.78, 5) is 13.8.